The molecule has 2 fully saturated rings. The number of benzene rings is 2. The topological polar surface area (TPSA) is 109 Å². The van der Waals surface area contributed by atoms with E-state index in [1.807, 2.05) is 6.92 Å². The Bertz CT molecular complexity index is 1220. The number of unbranched alkanes of at least 4 members (excludes halogenated alkanes) is 1. The quantitative estimate of drug-likeness (QED) is 0.191. The lowest BCUT2D eigenvalue weighted by Crippen LogP contribution is -2.38. The summed E-state index contributed by atoms with van der Waals surface area (Å²) in [5.41, 5.74) is 1.82. The number of ketones is 1. The van der Waals surface area contributed by atoms with Crippen LogP contribution in [0.1, 0.15) is 48.9 Å². The summed E-state index contributed by atoms with van der Waals surface area (Å²) >= 11 is 0. The van der Waals surface area contributed by atoms with Crippen molar-refractivity contribution in [2.45, 2.75) is 39.2 Å². The molecule has 2 aromatic rings. The maximum atomic E-state index is 13.4. The van der Waals surface area contributed by atoms with Crippen LogP contribution < -0.4 is 9.47 Å². The molecule has 2 aliphatic rings. The molecule has 39 heavy (non-hydrogen) atoms. The van der Waals surface area contributed by atoms with Crippen LogP contribution in [0.2, 0.25) is 0 Å². The third-order valence-corrected chi connectivity index (χ3v) is 7.24. The third kappa shape index (κ3) is 6.37. The highest BCUT2D eigenvalue weighted by Crippen LogP contribution is 2.42. The first-order valence-corrected chi connectivity index (χ1v) is 13.5. The van der Waals surface area contributed by atoms with Gasteiger partial charge in [0.25, 0.3) is 11.7 Å². The highest BCUT2D eigenvalue weighted by Gasteiger charge is 2.46. The first-order chi connectivity index (χ1) is 18.8. The van der Waals surface area contributed by atoms with Crippen LogP contribution in [0, 0.1) is 6.92 Å². The van der Waals surface area contributed by atoms with E-state index in [1.165, 1.54) is 18.1 Å². The van der Waals surface area contributed by atoms with Crippen molar-refractivity contribution in [3.8, 4) is 17.2 Å². The van der Waals surface area contributed by atoms with Gasteiger partial charge in [0, 0.05) is 31.7 Å². The Balaban J connectivity index is 1.68. The lowest BCUT2D eigenvalue weighted by molar-refractivity contribution is -0.140. The second-order valence-electron chi connectivity index (χ2n) is 9.91. The number of ether oxygens (including phenoxy) is 3. The van der Waals surface area contributed by atoms with Gasteiger partial charge in [-0.2, -0.15) is 0 Å². The van der Waals surface area contributed by atoms with E-state index in [9.17, 15) is 19.8 Å². The number of phenols is 1. The summed E-state index contributed by atoms with van der Waals surface area (Å²) in [6.45, 7) is 8.68. The molecule has 0 spiro atoms. The van der Waals surface area contributed by atoms with Crippen LogP contribution in [0.5, 0.6) is 17.2 Å². The van der Waals surface area contributed by atoms with Crippen LogP contribution in [0.15, 0.2) is 42.0 Å². The number of rotatable bonds is 11. The zero-order valence-electron chi connectivity index (χ0n) is 22.9. The summed E-state index contributed by atoms with van der Waals surface area (Å²) in [5, 5.41) is 21.6. The second kappa shape index (κ2) is 13.0. The summed E-state index contributed by atoms with van der Waals surface area (Å²) in [4.78, 5) is 30.5. The largest absolute Gasteiger partial charge is 0.507 e. The van der Waals surface area contributed by atoms with Gasteiger partial charge in [0.2, 0.25) is 0 Å². The fourth-order valence-corrected chi connectivity index (χ4v) is 5.05. The highest BCUT2D eigenvalue weighted by atomic mass is 16.5. The molecular weight excluding hydrogens is 500 g/mol. The van der Waals surface area contributed by atoms with Crippen molar-refractivity contribution in [1.82, 2.24) is 9.80 Å². The number of hydrogen-bond acceptors (Lipinski definition) is 8. The number of nitrogens with zero attached hydrogens (tertiary/aromatic N) is 2. The Labute approximate surface area is 229 Å². The van der Waals surface area contributed by atoms with Crippen LogP contribution in [-0.4, -0.2) is 84.8 Å². The number of likely N-dealkylation sites (tertiary alicyclic amines) is 1. The molecule has 2 aliphatic heterocycles. The van der Waals surface area contributed by atoms with Crippen LogP contribution in [0.3, 0.4) is 0 Å². The molecule has 2 N–H and O–H groups in total. The van der Waals surface area contributed by atoms with E-state index < -0.39 is 17.7 Å². The van der Waals surface area contributed by atoms with Gasteiger partial charge in [-0.15, -0.1) is 0 Å². The molecule has 210 valence electrons. The molecule has 2 saturated heterocycles. The number of aliphatic hydroxyl groups excluding tert-OH is 1. The monoisotopic (exact) mass is 538 g/mol. The predicted molar refractivity (Wildman–Crippen MR) is 147 cm³/mol. The van der Waals surface area contributed by atoms with Gasteiger partial charge in [0.15, 0.2) is 11.5 Å². The molecule has 9 nitrogen and oxygen atoms in total. The van der Waals surface area contributed by atoms with Gasteiger partial charge in [0.05, 0.1) is 38.5 Å². The number of morpholine rings is 1. The number of methoxy groups -OCH3 is 1. The van der Waals surface area contributed by atoms with Crippen molar-refractivity contribution < 1.29 is 34.0 Å². The molecule has 0 saturated carbocycles. The molecule has 2 heterocycles. The summed E-state index contributed by atoms with van der Waals surface area (Å²) in [7, 11) is 1.44. The van der Waals surface area contributed by atoms with Gasteiger partial charge in [0.1, 0.15) is 11.5 Å². The molecular formula is C30H38N2O7. The van der Waals surface area contributed by atoms with E-state index in [0.717, 1.165) is 38.0 Å². The summed E-state index contributed by atoms with van der Waals surface area (Å²) in [6, 6.07) is 9.12. The lowest BCUT2D eigenvalue weighted by Gasteiger charge is -2.29. The van der Waals surface area contributed by atoms with Crippen molar-refractivity contribution >= 4 is 17.4 Å². The second-order valence-corrected chi connectivity index (χ2v) is 9.91. The third-order valence-electron chi connectivity index (χ3n) is 7.24. The smallest absolute Gasteiger partial charge is 0.295 e. The zero-order chi connectivity index (χ0) is 27.9. The lowest BCUT2D eigenvalue weighted by atomic mass is 9.94. The molecule has 1 amide bonds. The summed E-state index contributed by atoms with van der Waals surface area (Å²) in [5.74, 6) is -0.771. The molecule has 0 aromatic heterocycles. The Hall–Kier alpha value is -3.56. The van der Waals surface area contributed by atoms with E-state index >= 15 is 0 Å². The van der Waals surface area contributed by atoms with Crippen molar-refractivity contribution in [3.05, 3.63) is 58.7 Å². The van der Waals surface area contributed by atoms with Gasteiger partial charge in [-0.25, -0.2) is 0 Å². The van der Waals surface area contributed by atoms with Crippen LogP contribution in [-0.2, 0) is 14.3 Å². The molecule has 9 heteroatoms. The van der Waals surface area contributed by atoms with Gasteiger partial charge < -0.3 is 29.3 Å². The maximum Gasteiger partial charge on any atom is 0.295 e. The maximum absolute atomic E-state index is 13.4. The Morgan fingerprint density at radius 1 is 1.05 bits per heavy atom. The van der Waals surface area contributed by atoms with E-state index in [4.69, 9.17) is 14.2 Å². The normalized spacial score (nSPS) is 19.5. The summed E-state index contributed by atoms with van der Waals surface area (Å²) in [6.07, 6.45) is 2.61. The molecule has 4 rings (SSSR count). The first-order valence-electron chi connectivity index (χ1n) is 13.5. The van der Waals surface area contributed by atoms with E-state index in [0.29, 0.717) is 49.7 Å². The Kier molecular flexibility index (Phi) is 9.48. The highest BCUT2D eigenvalue weighted by molar-refractivity contribution is 6.46. The van der Waals surface area contributed by atoms with Crippen molar-refractivity contribution in [2.75, 3.05) is 53.1 Å². The SMILES string of the molecule is CCCCOc1ccc(/C(O)=C2/C(=O)C(=O)N(CCCN3CCOCC3)C2c2ccc(O)c(OC)c2)cc1C. The number of phenolic OH excluding ortho intramolecular Hbond substituents is 1. The van der Waals surface area contributed by atoms with Crippen molar-refractivity contribution in [3.63, 3.8) is 0 Å². The molecule has 1 atom stereocenters. The Morgan fingerprint density at radius 2 is 1.82 bits per heavy atom. The van der Waals surface area contributed by atoms with E-state index in [-0.39, 0.29) is 22.8 Å². The average molecular weight is 539 g/mol. The fraction of sp³-hybridized carbons (Fsp3) is 0.467. The number of aryl methyl sites for hydroxylation is 1. The molecule has 2 aromatic carbocycles. The van der Waals surface area contributed by atoms with Gasteiger partial charge in [-0.1, -0.05) is 19.4 Å². The number of carbonyl (C=O) groups excluding carboxylic acids is 2. The minimum atomic E-state index is -0.829. The minimum absolute atomic E-state index is 0.0122. The average Bonchev–Trinajstić information content (AvgIpc) is 3.19. The fourth-order valence-electron chi connectivity index (χ4n) is 5.05. The van der Waals surface area contributed by atoms with Crippen LogP contribution >= 0.6 is 0 Å². The van der Waals surface area contributed by atoms with E-state index in [2.05, 4.69) is 11.8 Å². The number of carbonyl (C=O) groups is 2. The minimum Gasteiger partial charge on any atom is -0.507 e. The van der Waals surface area contributed by atoms with Crippen LogP contribution in [0.25, 0.3) is 5.76 Å². The zero-order valence-corrected chi connectivity index (χ0v) is 22.9. The Morgan fingerprint density at radius 3 is 2.51 bits per heavy atom. The number of aromatic hydroxyl groups is 1. The molecule has 0 aliphatic carbocycles. The number of Topliss-reactive ketones (excluding diaryl/α,β-unsaturated/α-hetero) is 1. The van der Waals surface area contributed by atoms with E-state index in [1.54, 1.807) is 30.3 Å². The van der Waals surface area contributed by atoms with Gasteiger partial charge in [-0.05, 0) is 61.2 Å². The van der Waals surface area contributed by atoms with Crippen LogP contribution in [0.4, 0.5) is 0 Å². The van der Waals surface area contributed by atoms with Gasteiger partial charge >= 0.3 is 0 Å². The number of amides is 1. The number of hydrogen-bond donors (Lipinski definition) is 2. The predicted octanol–water partition coefficient (Wildman–Crippen LogP) is 4.03. The molecule has 1 unspecified atom stereocenters. The standard InChI is InChI=1S/C30H38N2O7/c1-4-5-15-39-24-10-8-22(18-20(24)2)28(34)26-27(21-7-9-23(33)25(19-21)37-3)32(30(36)29(26)35)12-6-11-31-13-16-38-17-14-31/h7-10,18-19,27,33-34H,4-6,11-17H2,1-3H3/b28-26-. The summed E-state index contributed by atoms with van der Waals surface area (Å²) < 4.78 is 16.5. The number of aliphatic hydroxyl groups is 1. The first kappa shape index (κ1) is 28.4. The van der Waals surface area contributed by atoms with Crippen molar-refractivity contribution in [2.24, 2.45) is 0 Å². The molecule has 0 bridgehead atoms. The molecule has 0 radical (unpaired) electrons. The van der Waals surface area contributed by atoms with Gasteiger partial charge in [-0.3, -0.25) is 14.5 Å². The van der Waals surface area contributed by atoms with Crippen molar-refractivity contribution in [1.29, 1.82) is 0 Å².